The van der Waals surface area contributed by atoms with Crippen LogP contribution in [0, 0.1) is 5.82 Å². The Kier molecular flexibility index (Phi) is 4.19. The monoisotopic (exact) mass is 253 g/mol. The van der Waals surface area contributed by atoms with Gasteiger partial charge in [0.25, 0.3) is 0 Å². The Labute approximate surface area is 107 Å². The fraction of sp³-hybridized carbons (Fsp3) is 0.571. The minimum atomic E-state index is -0.347. The van der Waals surface area contributed by atoms with Crippen LogP contribution in [0.1, 0.15) is 31.2 Å². The number of likely N-dealkylation sites (N-methyl/N-ethyl adjacent to an activating group) is 1. The quantitative estimate of drug-likeness (QED) is 0.866. The van der Waals surface area contributed by atoms with Crippen LogP contribution in [-0.4, -0.2) is 29.4 Å². The molecule has 18 heavy (non-hydrogen) atoms. The molecule has 0 bridgehead atoms. The Morgan fingerprint density at radius 2 is 2.06 bits per heavy atom. The van der Waals surface area contributed by atoms with E-state index in [0.29, 0.717) is 5.56 Å². The maximum absolute atomic E-state index is 13.1. The fourth-order valence-electron chi connectivity index (χ4n) is 2.75. The molecule has 1 aliphatic carbocycles. The van der Waals surface area contributed by atoms with E-state index >= 15 is 0 Å². The number of benzene rings is 1. The van der Waals surface area contributed by atoms with E-state index in [1.807, 2.05) is 11.9 Å². The van der Waals surface area contributed by atoms with Gasteiger partial charge in [-0.25, -0.2) is 4.39 Å². The van der Waals surface area contributed by atoms with Gasteiger partial charge < -0.3 is 15.1 Å². The van der Waals surface area contributed by atoms with Gasteiger partial charge in [-0.05, 0) is 31.0 Å². The molecule has 0 aliphatic heterocycles. The Bertz CT molecular complexity index is 411. The van der Waals surface area contributed by atoms with Crippen LogP contribution in [0.15, 0.2) is 18.2 Å². The molecule has 1 aromatic carbocycles. The van der Waals surface area contributed by atoms with Gasteiger partial charge >= 0.3 is 0 Å². The van der Waals surface area contributed by atoms with Crippen molar-refractivity contribution in [1.29, 1.82) is 0 Å². The van der Waals surface area contributed by atoms with Gasteiger partial charge in [0.2, 0.25) is 0 Å². The molecule has 0 spiro atoms. The third-order valence-electron chi connectivity index (χ3n) is 3.78. The number of halogens is 1. The van der Waals surface area contributed by atoms with Crippen LogP contribution in [0.3, 0.4) is 0 Å². The second-order valence-electron chi connectivity index (χ2n) is 4.96. The zero-order valence-electron chi connectivity index (χ0n) is 10.6. The van der Waals surface area contributed by atoms with Gasteiger partial charge in [0.05, 0.1) is 18.8 Å². The number of anilines is 1. The van der Waals surface area contributed by atoms with E-state index in [2.05, 4.69) is 0 Å². The second kappa shape index (κ2) is 5.67. The fourth-order valence-corrected chi connectivity index (χ4v) is 2.75. The highest BCUT2D eigenvalue weighted by atomic mass is 19.1. The van der Waals surface area contributed by atoms with E-state index in [9.17, 15) is 14.6 Å². The lowest BCUT2D eigenvalue weighted by Gasteiger charge is -2.37. The first-order valence-electron chi connectivity index (χ1n) is 6.43. The first-order valence-corrected chi connectivity index (χ1v) is 6.43. The number of rotatable bonds is 3. The average Bonchev–Trinajstić information content (AvgIpc) is 2.38. The van der Waals surface area contributed by atoms with Crippen LogP contribution in [0.2, 0.25) is 0 Å². The number of hydrogen-bond donors (Lipinski definition) is 2. The zero-order chi connectivity index (χ0) is 13.1. The predicted molar refractivity (Wildman–Crippen MR) is 69.0 cm³/mol. The van der Waals surface area contributed by atoms with Crippen LogP contribution in [0.5, 0.6) is 0 Å². The van der Waals surface area contributed by atoms with Gasteiger partial charge in [0.15, 0.2) is 0 Å². The lowest BCUT2D eigenvalue weighted by molar-refractivity contribution is 0.106. The minimum Gasteiger partial charge on any atom is -0.392 e. The Morgan fingerprint density at radius 3 is 2.72 bits per heavy atom. The van der Waals surface area contributed by atoms with E-state index in [1.54, 1.807) is 6.07 Å². The molecule has 0 heterocycles. The molecule has 0 saturated heterocycles. The van der Waals surface area contributed by atoms with E-state index in [4.69, 9.17) is 0 Å². The molecule has 2 N–H and O–H groups in total. The highest BCUT2D eigenvalue weighted by molar-refractivity contribution is 5.54. The molecule has 4 heteroatoms. The first-order chi connectivity index (χ1) is 8.63. The van der Waals surface area contributed by atoms with Crippen molar-refractivity contribution in [2.45, 2.75) is 44.4 Å². The van der Waals surface area contributed by atoms with Crippen LogP contribution in [0.4, 0.5) is 10.1 Å². The summed E-state index contributed by atoms with van der Waals surface area (Å²) in [4.78, 5) is 1.97. The Hall–Kier alpha value is -1.13. The molecule has 1 saturated carbocycles. The Morgan fingerprint density at radius 1 is 1.33 bits per heavy atom. The van der Waals surface area contributed by atoms with Gasteiger partial charge in [0, 0.05) is 18.3 Å². The molecule has 0 aromatic heterocycles. The molecule has 1 aromatic rings. The summed E-state index contributed by atoms with van der Waals surface area (Å²) in [5, 5.41) is 19.3. The van der Waals surface area contributed by atoms with Crippen molar-refractivity contribution >= 4 is 5.69 Å². The van der Waals surface area contributed by atoms with Crippen molar-refractivity contribution in [3.05, 3.63) is 29.6 Å². The molecule has 3 nitrogen and oxygen atoms in total. The number of aliphatic hydroxyl groups excluding tert-OH is 2. The molecule has 1 fully saturated rings. The third kappa shape index (κ3) is 2.65. The lowest BCUT2D eigenvalue weighted by atomic mass is 9.91. The minimum absolute atomic E-state index is 0.0505. The van der Waals surface area contributed by atoms with Gasteiger partial charge in [0.1, 0.15) is 5.82 Å². The first kappa shape index (κ1) is 13.3. The van der Waals surface area contributed by atoms with Crippen molar-refractivity contribution < 1.29 is 14.6 Å². The zero-order valence-corrected chi connectivity index (χ0v) is 10.6. The van der Waals surface area contributed by atoms with Crippen LogP contribution in [-0.2, 0) is 6.61 Å². The highest BCUT2D eigenvalue weighted by Gasteiger charge is 2.27. The van der Waals surface area contributed by atoms with Gasteiger partial charge in [-0.15, -0.1) is 0 Å². The summed E-state index contributed by atoms with van der Waals surface area (Å²) in [6, 6.07) is 4.46. The summed E-state index contributed by atoms with van der Waals surface area (Å²) in [6.07, 6.45) is 3.55. The van der Waals surface area contributed by atoms with E-state index in [1.165, 1.54) is 12.1 Å². The van der Waals surface area contributed by atoms with Crippen molar-refractivity contribution in [3.63, 3.8) is 0 Å². The SMILES string of the molecule is CN(c1ccc(F)cc1CO)C1CCCCC1O. The van der Waals surface area contributed by atoms with Crippen molar-refractivity contribution in [2.75, 3.05) is 11.9 Å². The van der Waals surface area contributed by atoms with Crippen LogP contribution >= 0.6 is 0 Å². The molecule has 2 atom stereocenters. The molecular formula is C14H20FNO2. The summed E-state index contributed by atoms with van der Waals surface area (Å²) in [5.41, 5.74) is 1.36. The van der Waals surface area contributed by atoms with E-state index in [0.717, 1.165) is 31.4 Å². The van der Waals surface area contributed by atoms with Crippen molar-refractivity contribution in [3.8, 4) is 0 Å². The lowest BCUT2D eigenvalue weighted by Crippen LogP contribution is -2.43. The molecule has 0 amide bonds. The van der Waals surface area contributed by atoms with Crippen molar-refractivity contribution in [2.24, 2.45) is 0 Å². The van der Waals surface area contributed by atoms with Crippen LogP contribution < -0.4 is 4.90 Å². The Balaban J connectivity index is 2.24. The standard InChI is InChI=1S/C14H20FNO2/c1-16(13-4-2-3-5-14(13)18)12-7-6-11(15)8-10(12)9-17/h6-8,13-14,17-18H,2-5,9H2,1H3. The third-order valence-corrected chi connectivity index (χ3v) is 3.78. The number of aliphatic hydroxyl groups is 2. The predicted octanol–water partition coefficient (Wildman–Crippen LogP) is 2.06. The van der Waals surface area contributed by atoms with E-state index in [-0.39, 0.29) is 24.6 Å². The van der Waals surface area contributed by atoms with Gasteiger partial charge in [-0.1, -0.05) is 12.8 Å². The van der Waals surface area contributed by atoms with Gasteiger partial charge in [-0.2, -0.15) is 0 Å². The average molecular weight is 253 g/mol. The maximum atomic E-state index is 13.1. The summed E-state index contributed by atoms with van der Waals surface area (Å²) < 4.78 is 13.1. The molecule has 100 valence electrons. The number of nitrogens with zero attached hydrogens (tertiary/aromatic N) is 1. The molecule has 1 aliphatic rings. The molecule has 2 rings (SSSR count). The molecule has 0 radical (unpaired) electrons. The topological polar surface area (TPSA) is 43.7 Å². The van der Waals surface area contributed by atoms with Crippen molar-refractivity contribution in [1.82, 2.24) is 0 Å². The summed E-state index contributed by atoms with van der Waals surface area (Å²) >= 11 is 0. The molecular weight excluding hydrogens is 233 g/mol. The maximum Gasteiger partial charge on any atom is 0.123 e. The van der Waals surface area contributed by atoms with Gasteiger partial charge in [-0.3, -0.25) is 0 Å². The molecule has 2 unspecified atom stereocenters. The number of hydrogen-bond acceptors (Lipinski definition) is 3. The van der Waals surface area contributed by atoms with Crippen LogP contribution in [0.25, 0.3) is 0 Å². The summed E-state index contributed by atoms with van der Waals surface area (Å²) in [7, 11) is 1.89. The second-order valence-corrected chi connectivity index (χ2v) is 4.96. The largest absolute Gasteiger partial charge is 0.392 e. The summed E-state index contributed by atoms with van der Waals surface area (Å²) in [6.45, 7) is -0.194. The normalized spacial score (nSPS) is 24.0. The summed E-state index contributed by atoms with van der Waals surface area (Å²) in [5.74, 6) is -0.347. The van der Waals surface area contributed by atoms with E-state index < -0.39 is 0 Å². The highest BCUT2D eigenvalue weighted by Crippen LogP contribution is 2.29. The smallest absolute Gasteiger partial charge is 0.123 e.